The van der Waals surface area contributed by atoms with Crippen LogP contribution in [0.1, 0.15) is 11.3 Å². The topological polar surface area (TPSA) is 53.1 Å². The van der Waals surface area contributed by atoms with E-state index in [1.807, 2.05) is 24.7 Å². The van der Waals surface area contributed by atoms with Crippen LogP contribution in [0.3, 0.4) is 0 Å². The van der Waals surface area contributed by atoms with Gasteiger partial charge in [0.2, 0.25) is 0 Å². The Hall–Kier alpha value is -1.65. The minimum Gasteiger partial charge on any atom is -0.380 e. The summed E-state index contributed by atoms with van der Waals surface area (Å²) in [5.74, 6) is 0. The van der Waals surface area contributed by atoms with Crippen LogP contribution in [0.25, 0.3) is 5.69 Å². The molecule has 4 heteroatoms. The summed E-state index contributed by atoms with van der Waals surface area (Å²) in [6.07, 6.45) is 4.50. The highest BCUT2D eigenvalue weighted by molar-refractivity contribution is 5.37. The van der Waals surface area contributed by atoms with Crippen molar-refractivity contribution >= 4 is 0 Å². The van der Waals surface area contributed by atoms with Crippen LogP contribution in [0, 0.1) is 0 Å². The highest BCUT2D eigenvalue weighted by Crippen LogP contribution is 2.14. The maximum absolute atomic E-state index is 5.58. The lowest BCUT2D eigenvalue weighted by Crippen LogP contribution is -2.07. The summed E-state index contributed by atoms with van der Waals surface area (Å²) in [4.78, 5) is 4.17. The van der Waals surface area contributed by atoms with Crippen LogP contribution in [-0.2, 0) is 17.8 Å². The zero-order chi connectivity index (χ0) is 12.1. The summed E-state index contributed by atoms with van der Waals surface area (Å²) in [6.45, 7) is 1.25. The van der Waals surface area contributed by atoms with Crippen molar-refractivity contribution in [2.45, 2.75) is 13.0 Å². The first-order valence-corrected chi connectivity index (χ1v) is 5.64. The van der Waals surface area contributed by atoms with Crippen molar-refractivity contribution in [3.8, 4) is 5.69 Å². The third kappa shape index (κ3) is 2.72. The summed E-state index contributed by atoms with van der Waals surface area (Å²) < 4.78 is 7.19. The molecular weight excluding hydrogens is 214 g/mol. The van der Waals surface area contributed by atoms with Crippen molar-refractivity contribution in [1.29, 1.82) is 0 Å². The van der Waals surface area contributed by atoms with Crippen LogP contribution < -0.4 is 5.73 Å². The van der Waals surface area contributed by atoms with Crippen molar-refractivity contribution in [2.24, 2.45) is 5.73 Å². The number of hydrogen-bond acceptors (Lipinski definition) is 3. The van der Waals surface area contributed by atoms with Crippen LogP contribution in [-0.4, -0.2) is 23.2 Å². The van der Waals surface area contributed by atoms with Gasteiger partial charge in [-0.05, 0) is 24.2 Å². The van der Waals surface area contributed by atoms with Crippen molar-refractivity contribution in [3.63, 3.8) is 0 Å². The Morgan fingerprint density at radius 1 is 1.41 bits per heavy atom. The average molecular weight is 231 g/mol. The first kappa shape index (κ1) is 11.8. The lowest BCUT2D eigenvalue weighted by atomic mass is 10.2. The average Bonchev–Trinajstić information content (AvgIpc) is 2.79. The maximum Gasteiger partial charge on any atom is 0.0994 e. The van der Waals surface area contributed by atoms with Crippen LogP contribution in [0.15, 0.2) is 36.8 Å². The number of methoxy groups -OCH3 is 1. The molecule has 0 saturated heterocycles. The second-order valence-electron chi connectivity index (χ2n) is 3.90. The van der Waals surface area contributed by atoms with Crippen molar-refractivity contribution in [3.05, 3.63) is 48.0 Å². The fourth-order valence-corrected chi connectivity index (χ4v) is 1.85. The molecule has 0 amide bonds. The predicted octanol–water partition coefficient (Wildman–Crippen LogP) is 1.52. The highest BCUT2D eigenvalue weighted by atomic mass is 16.5. The molecule has 1 aromatic carbocycles. The van der Waals surface area contributed by atoms with E-state index in [9.17, 15) is 0 Å². The number of nitrogens with two attached hydrogens (primary N) is 1. The van der Waals surface area contributed by atoms with Crippen LogP contribution in [0.2, 0.25) is 0 Å². The molecule has 1 heterocycles. The molecule has 2 N–H and O–H groups in total. The molecule has 0 aliphatic heterocycles. The molecule has 2 rings (SSSR count). The third-order valence-corrected chi connectivity index (χ3v) is 2.62. The zero-order valence-corrected chi connectivity index (χ0v) is 9.97. The fourth-order valence-electron chi connectivity index (χ4n) is 1.85. The van der Waals surface area contributed by atoms with Gasteiger partial charge in [0.05, 0.1) is 12.9 Å². The monoisotopic (exact) mass is 231 g/mol. The van der Waals surface area contributed by atoms with Gasteiger partial charge in [-0.25, -0.2) is 4.98 Å². The van der Waals surface area contributed by atoms with Gasteiger partial charge in [0.1, 0.15) is 0 Å². The van der Waals surface area contributed by atoms with E-state index < -0.39 is 0 Å². The van der Waals surface area contributed by atoms with E-state index in [-0.39, 0.29) is 0 Å². The molecule has 0 radical (unpaired) electrons. The van der Waals surface area contributed by atoms with Gasteiger partial charge in [-0.2, -0.15) is 0 Å². The molecule has 0 bridgehead atoms. The molecule has 0 unspecified atom stereocenters. The van der Waals surface area contributed by atoms with Gasteiger partial charge < -0.3 is 15.0 Å². The fraction of sp³-hybridized carbons (Fsp3) is 0.308. The number of aromatic nitrogens is 2. The number of rotatable bonds is 5. The quantitative estimate of drug-likeness (QED) is 0.848. The Morgan fingerprint density at radius 3 is 3.06 bits per heavy atom. The second-order valence-corrected chi connectivity index (χ2v) is 3.90. The predicted molar refractivity (Wildman–Crippen MR) is 67.0 cm³/mol. The molecule has 90 valence electrons. The molecule has 0 aliphatic carbocycles. The largest absolute Gasteiger partial charge is 0.380 e. The van der Waals surface area contributed by atoms with E-state index in [2.05, 4.69) is 21.7 Å². The van der Waals surface area contributed by atoms with Crippen LogP contribution in [0.4, 0.5) is 0 Å². The molecule has 0 spiro atoms. The van der Waals surface area contributed by atoms with Gasteiger partial charge in [0, 0.05) is 31.1 Å². The standard InChI is InChI=1S/C13H17N3O/c1-17-9-11-3-2-4-12(7-11)16-10-15-8-13(16)5-6-14/h2-4,7-8,10H,5-6,9,14H2,1H3. The number of ether oxygens (including phenoxy) is 1. The van der Waals surface area contributed by atoms with Crippen molar-refractivity contribution in [2.75, 3.05) is 13.7 Å². The van der Waals surface area contributed by atoms with Gasteiger partial charge >= 0.3 is 0 Å². The maximum atomic E-state index is 5.58. The number of benzene rings is 1. The molecule has 2 aromatic rings. The van der Waals surface area contributed by atoms with E-state index in [1.54, 1.807) is 7.11 Å². The number of hydrogen-bond donors (Lipinski definition) is 1. The normalized spacial score (nSPS) is 10.7. The zero-order valence-electron chi connectivity index (χ0n) is 9.97. The highest BCUT2D eigenvalue weighted by Gasteiger charge is 2.04. The third-order valence-electron chi connectivity index (χ3n) is 2.62. The molecule has 0 aliphatic rings. The van der Waals surface area contributed by atoms with Crippen LogP contribution in [0.5, 0.6) is 0 Å². The van der Waals surface area contributed by atoms with Gasteiger partial charge in [-0.3, -0.25) is 0 Å². The summed E-state index contributed by atoms with van der Waals surface area (Å²) >= 11 is 0. The second kappa shape index (κ2) is 5.61. The Kier molecular flexibility index (Phi) is 3.90. The Labute approximate surface area is 101 Å². The van der Waals surface area contributed by atoms with Crippen molar-refractivity contribution < 1.29 is 4.74 Å². The molecule has 1 aromatic heterocycles. The van der Waals surface area contributed by atoms with E-state index in [1.165, 1.54) is 0 Å². The minimum absolute atomic E-state index is 0.620. The lowest BCUT2D eigenvalue weighted by Gasteiger charge is -2.09. The van der Waals surface area contributed by atoms with Crippen molar-refractivity contribution in [1.82, 2.24) is 9.55 Å². The Morgan fingerprint density at radius 2 is 2.29 bits per heavy atom. The van der Waals surface area contributed by atoms with E-state index in [0.717, 1.165) is 23.4 Å². The molecule has 0 fully saturated rings. The van der Waals surface area contributed by atoms with Crippen LogP contribution >= 0.6 is 0 Å². The Bertz CT molecular complexity index is 479. The van der Waals surface area contributed by atoms with E-state index >= 15 is 0 Å². The van der Waals surface area contributed by atoms with Gasteiger partial charge in [0.15, 0.2) is 0 Å². The molecule has 17 heavy (non-hydrogen) atoms. The molecule has 4 nitrogen and oxygen atoms in total. The molecule has 0 saturated carbocycles. The molecular formula is C13H17N3O. The number of imidazole rings is 1. The summed E-state index contributed by atoms with van der Waals surface area (Å²) in [6, 6.07) is 8.23. The summed E-state index contributed by atoms with van der Waals surface area (Å²) in [5, 5.41) is 0. The first-order chi connectivity index (χ1) is 8.35. The van der Waals surface area contributed by atoms with Gasteiger partial charge in [0.25, 0.3) is 0 Å². The van der Waals surface area contributed by atoms with Gasteiger partial charge in [-0.1, -0.05) is 12.1 Å². The Balaban J connectivity index is 2.31. The minimum atomic E-state index is 0.620. The van der Waals surface area contributed by atoms with Gasteiger partial charge in [-0.15, -0.1) is 0 Å². The first-order valence-electron chi connectivity index (χ1n) is 5.64. The SMILES string of the molecule is COCc1cccc(-n2cncc2CCN)c1. The summed E-state index contributed by atoms with van der Waals surface area (Å²) in [7, 11) is 1.70. The summed E-state index contributed by atoms with van der Waals surface area (Å²) in [5.41, 5.74) is 8.96. The van der Waals surface area contributed by atoms with E-state index in [4.69, 9.17) is 10.5 Å². The lowest BCUT2D eigenvalue weighted by molar-refractivity contribution is 0.185. The number of nitrogens with zero attached hydrogens (tertiary/aromatic N) is 2. The van der Waals surface area contributed by atoms with E-state index in [0.29, 0.717) is 13.2 Å². The molecule has 0 atom stereocenters. The smallest absolute Gasteiger partial charge is 0.0994 e.